The number of carbonyl (C=O) groups is 4. The molecule has 1 saturated heterocycles. The number of amides is 2. The van der Waals surface area contributed by atoms with E-state index >= 15 is 0 Å². The van der Waals surface area contributed by atoms with Crippen molar-refractivity contribution >= 4 is 34.7 Å². The minimum absolute atomic E-state index is 0.0548. The van der Waals surface area contributed by atoms with Gasteiger partial charge in [-0.2, -0.15) is 0 Å². The summed E-state index contributed by atoms with van der Waals surface area (Å²) in [5.41, 5.74) is 1.30. The highest BCUT2D eigenvalue weighted by Gasteiger charge is 2.48. The summed E-state index contributed by atoms with van der Waals surface area (Å²) in [6.07, 6.45) is 2.45. The number of carbonyl (C=O) groups excluding carboxylic acids is 3. The predicted molar refractivity (Wildman–Crippen MR) is 132 cm³/mol. The van der Waals surface area contributed by atoms with Crippen LogP contribution in [0.25, 0.3) is 0 Å². The molecule has 0 bridgehead atoms. The van der Waals surface area contributed by atoms with E-state index in [-0.39, 0.29) is 41.2 Å². The van der Waals surface area contributed by atoms with Crippen molar-refractivity contribution in [1.82, 2.24) is 10.2 Å². The summed E-state index contributed by atoms with van der Waals surface area (Å²) in [4.78, 5) is 49.1. The van der Waals surface area contributed by atoms with Crippen LogP contribution in [0.5, 0.6) is 0 Å². The van der Waals surface area contributed by atoms with Gasteiger partial charge in [-0.3, -0.25) is 19.3 Å². The average Bonchev–Trinajstić information content (AvgIpc) is 2.84. The molecule has 0 aromatic heterocycles. The number of benzene rings is 2. The van der Waals surface area contributed by atoms with Crippen molar-refractivity contribution in [2.45, 2.75) is 56.2 Å². The van der Waals surface area contributed by atoms with E-state index in [1.165, 1.54) is 41.3 Å². The van der Waals surface area contributed by atoms with Crippen LogP contribution in [0, 0.1) is 5.82 Å². The molecule has 192 valence electrons. The Hall–Kier alpha value is -3.24. The Balaban J connectivity index is 1.38. The predicted octanol–water partition coefficient (Wildman–Crippen LogP) is 3.28. The number of halogens is 1. The summed E-state index contributed by atoms with van der Waals surface area (Å²) in [6, 6.07) is 10.7. The number of carboxylic acids is 1. The number of nitrogens with one attached hydrogen (secondary N) is 1. The molecular weight excluding hydrogens is 487 g/mol. The van der Waals surface area contributed by atoms with Crippen molar-refractivity contribution in [3.05, 3.63) is 71.0 Å². The Kier molecular flexibility index (Phi) is 9.60. The fraction of sp³-hybridized carbons (Fsp3) is 0.385. The summed E-state index contributed by atoms with van der Waals surface area (Å²) in [7, 11) is 0. The maximum Gasteiger partial charge on any atom is 0.335 e. The third kappa shape index (κ3) is 7.14. The SMILES string of the molecule is CC(C(=O)NCCCCCC(=O)c1ccc(F)cc1)N1C(=O)CC1[S+]([O-])Cc1ccc(C(=O)O)cc1. The van der Waals surface area contributed by atoms with Crippen molar-refractivity contribution in [3.63, 3.8) is 0 Å². The molecule has 36 heavy (non-hydrogen) atoms. The number of aromatic carboxylic acids is 1. The first kappa shape index (κ1) is 27.3. The van der Waals surface area contributed by atoms with Crippen LogP contribution < -0.4 is 5.32 Å². The minimum Gasteiger partial charge on any atom is -0.614 e. The number of likely N-dealkylation sites (tertiary alicyclic amines) is 1. The zero-order valence-electron chi connectivity index (χ0n) is 19.9. The van der Waals surface area contributed by atoms with Gasteiger partial charge in [0, 0.05) is 24.1 Å². The van der Waals surface area contributed by atoms with Crippen molar-refractivity contribution in [3.8, 4) is 0 Å². The zero-order chi connectivity index (χ0) is 26.2. The first-order valence-electron chi connectivity index (χ1n) is 11.7. The number of nitrogens with zero attached hydrogens (tertiary/aromatic N) is 1. The monoisotopic (exact) mass is 516 g/mol. The third-order valence-corrected chi connectivity index (χ3v) is 7.72. The van der Waals surface area contributed by atoms with E-state index in [4.69, 9.17) is 5.11 Å². The molecule has 2 amide bonds. The summed E-state index contributed by atoms with van der Waals surface area (Å²) >= 11 is -1.44. The zero-order valence-corrected chi connectivity index (χ0v) is 20.8. The van der Waals surface area contributed by atoms with E-state index < -0.39 is 28.6 Å². The molecule has 1 aliphatic rings. The maximum absolute atomic E-state index is 12.9. The van der Waals surface area contributed by atoms with Crippen molar-refractivity contribution in [2.24, 2.45) is 0 Å². The van der Waals surface area contributed by atoms with Crippen LogP contribution in [0.2, 0.25) is 0 Å². The van der Waals surface area contributed by atoms with E-state index in [2.05, 4.69) is 5.32 Å². The summed E-state index contributed by atoms with van der Waals surface area (Å²) in [5.74, 6) is -1.91. The molecule has 10 heteroatoms. The van der Waals surface area contributed by atoms with Crippen LogP contribution in [0.15, 0.2) is 48.5 Å². The Labute approximate surface area is 212 Å². The van der Waals surface area contributed by atoms with E-state index in [9.17, 15) is 28.1 Å². The summed E-state index contributed by atoms with van der Waals surface area (Å²) in [6.45, 7) is 1.99. The number of Topliss-reactive ketones (excluding diaryl/α,β-unsaturated/α-hetero) is 1. The van der Waals surface area contributed by atoms with Gasteiger partial charge in [0.25, 0.3) is 0 Å². The molecule has 2 N–H and O–H groups in total. The molecule has 3 unspecified atom stereocenters. The first-order chi connectivity index (χ1) is 17.2. The molecule has 0 spiro atoms. The molecule has 2 aromatic rings. The van der Waals surface area contributed by atoms with Crippen LogP contribution in [0.3, 0.4) is 0 Å². The Morgan fingerprint density at radius 1 is 1.08 bits per heavy atom. The smallest absolute Gasteiger partial charge is 0.335 e. The van der Waals surface area contributed by atoms with Gasteiger partial charge in [-0.25, -0.2) is 9.18 Å². The van der Waals surface area contributed by atoms with Gasteiger partial charge < -0.3 is 15.0 Å². The number of hydrogen-bond acceptors (Lipinski definition) is 5. The summed E-state index contributed by atoms with van der Waals surface area (Å²) in [5, 5.41) is 11.2. The topological polar surface area (TPSA) is 127 Å². The van der Waals surface area contributed by atoms with Crippen molar-refractivity contribution in [1.29, 1.82) is 0 Å². The van der Waals surface area contributed by atoms with E-state index in [1.807, 2.05) is 0 Å². The third-order valence-electron chi connectivity index (χ3n) is 6.10. The second kappa shape index (κ2) is 12.6. The van der Waals surface area contributed by atoms with Crippen LogP contribution in [0.1, 0.15) is 65.3 Å². The molecule has 1 fully saturated rings. The Morgan fingerprint density at radius 3 is 2.33 bits per heavy atom. The van der Waals surface area contributed by atoms with Crippen LogP contribution in [0.4, 0.5) is 4.39 Å². The highest BCUT2D eigenvalue weighted by atomic mass is 32.2. The van der Waals surface area contributed by atoms with Gasteiger partial charge >= 0.3 is 5.97 Å². The molecule has 3 atom stereocenters. The lowest BCUT2D eigenvalue weighted by molar-refractivity contribution is -0.150. The number of β-lactam (4-membered cyclic amide) rings is 1. The second-order valence-corrected chi connectivity index (χ2v) is 10.3. The molecule has 0 saturated carbocycles. The molecule has 0 aliphatic carbocycles. The number of unbranched alkanes of at least 4 members (excludes halogenated alkanes) is 2. The highest BCUT2D eigenvalue weighted by molar-refractivity contribution is 7.91. The van der Waals surface area contributed by atoms with Gasteiger partial charge in [0.05, 0.1) is 12.0 Å². The molecule has 8 nitrogen and oxygen atoms in total. The van der Waals surface area contributed by atoms with E-state index in [0.29, 0.717) is 36.9 Å². The van der Waals surface area contributed by atoms with Crippen molar-refractivity contribution in [2.75, 3.05) is 6.54 Å². The van der Waals surface area contributed by atoms with Gasteiger partial charge in [0.1, 0.15) is 17.6 Å². The van der Waals surface area contributed by atoms with Gasteiger partial charge in [0.15, 0.2) is 11.2 Å². The van der Waals surface area contributed by atoms with Crippen molar-refractivity contribution < 1.29 is 33.2 Å². The van der Waals surface area contributed by atoms with Crippen LogP contribution >= 0.6 is 0 Å². The minimum atomic E-state index is -1.44. The molecule has 2 aromatic carbocycles. The van der Waals surface area contributed by atoms with Crippen LogP contribution in [-0.4, -0.2) is 56.1 Å². The lowest BCUT2D eigenvalue weighted by atomic mass is 10.0. The molecule has 3 rings (SSSR count). The van der Waals surface area contributed by atoms with Gasteiger partial charge in [0.2, 0.25) is 11.8 Å². The van der Waals surface area contributed by atoms with Crippen LogP contribution in [-0.2, 0) is 26.5 Å². The van der Waals surface area contributed by atoms with E-state index in [1.54, 1.807) is 19.1 Å². The summed E-state index contributed by atoms with van der Waals surface area (Å²) < 4.78 is 25.8. The number of hydrogen-bond donors (Lipinski definition) is 2. The standard InChI is InChI=1S/C26H29FN2O6S/c1-17(25(32)28-14-4-2-3-5-22(30)19-10-12-21(27)13-11-19)29-23(31)15-24(29)36(35)16-18-6-8-20(9-7-18)26(33)34/h6-13,17,24H,2-5,14-16H2,1H3,(H,28,32)(H,33,34). The molecule has 1 heterocycles. The lowest BCUT2D eigenvalue weighted by Gasteiger charge is -2.43. The first-order valence-corrected chi connectivity index (χ1v) is 13.1. The number of ketones is 1. The molecular formula is C26H29FN2O6S. The second-order valence-electron chi connectivity index (χ2n) is 8.69. The normalized spacial score (nSPS) is 16.7. The fourth-order valence-corrected chi connectivity index (χ4v) is 5.54. The fourth-order valence-electron chi connectivity index (χ4n) is 3.94. The largest absolute Gasteiger partial charge is 0.614 e. The molecule has 1 aliphatic heterocycles. The van der Waals surface area contributed by atoms with Gasteiger partial charge in [-0.15, -0.1) is 0 Å². The van der Waals surface area contributed by atoms with Gasteiger partial charge in [-0.1, -0.05) is 18.6 Å². The number of carboxylic acid groups (broad SMARTS) is 1. The average molecular weight is 517 g/mol. The Morgan fingerprint density at radius 2 is 1.72 bits per heavy atom. The quantitative estimate of drug-likeness (QED) is 0.182. The lowest BCUT2D eigenvalue weighted by Crippen LogP contribution is -2.63. The maximum atomic E-state index is 12.9. The number of rotatable bonds is 13. The highest BCUT2D eigenvalue weighted by Crippen LogP contribution is 2.29. The van der Waals surface area contributed by atoms with Gasteiger partial charge in [-0.05, 0) is 67.3 Å². The Bertz CT molecular complexity index is 1090. The molecule has 0 radical (unpaired) electrons. The van der Waals surface area contributed by atoms with E-state index in [0.717, 1.165) is 6.42 Å².